The fourth-order valence-corrected chi connectivity index (χ4v) is 4.90. The summed E-state index contributed by atoms with van der Waals surface area (Å²) in [6.07, 6.45) is 1.73. The molecule has 2 amide bonds. The molecule has 2 aromatic carbocycles. The zero-order valence-electron chi connectivity index (χ0n) is 16.2. The van der Waals surface area contributed by atoms with E-state index >= 15 is 0 Å². The predicted molar refractivity (Wildman–Crippen MR) is 118 cm³/mol. The summed E-state index contributed by atoms with van der Waals surface area (Å²) >= 11 is 3.59. The molecule has 0 saturated carbocycles. The van der Waals surface area contributed by atoms with E-state index in [1.807, 2.05) is 60.1 Å². The quantitative estimate of drug-likeness (QED) is 0.617. The second-order valence-corrected chi connectivity index (χ2v) is 8.17. The largest absolute Gasteiger partial charge is 0.368 e. The molecule has 0 aliphatic carbocycles. The number of para-hydroxylation sites is 2. The van der Waals surface area contributed by atoms with Crippen LogP contribution in [0, 0.1) is 0 Å². The number of fused-ring (bicyclic) bond motifs is 1. The molecule has 1 saturated heterocycles. The number of rotatable bonds is 5. The standard InChI is InChI=1S/C22H23BrN4O2/c1-26-17-10-5-3-8-15(17)19(23)20(26)22(29)25-16-9-4-2-7-14(16)13-27-12-6-11-18(27)21(24)28/h2-5,7-10,18H,6,11-13H2,1H3,(H2,24,28)(H,25,29). The maximum atomic E-state index is 13.1. The molecule has 3 aromatic rings. The number of amides is 2. The number of hydrogen-bond donors (Lipinski definition) is 2. The third-order valence-corrected chi connectivity index (χ3v) is 6.39. The van der Waals surface area contributed by atoms with Gasteiger partial charge in [-0.05, 0) is 53.0 Å². The maximum absolute atomic E-state index is 13.1. The van der Waals surface area contributed by atoms with Crippen LogP contribution in [0.25, 0.3) is 10.9 Å². The molecular formula is C22H23BrN4O2. The lowest BCUT2D eigenvalue weighted by Gasteiger charge is -2.23. The van der Waals surface area contributed by atoms with Crippen LogP contribution < -0.4 is 11.1 Å². The third kappa shape index (κ3) is 3.68. The van der Waals surface area contributed by atoms with E-state index in [9.17, 15) is 9.59 Å². The molecule has 1 aromatic heterocycles. The molecule has 0 radical (unpaired) electrons. The molecule has 1 aliphatic rings. The first kappa shape index (κ1) is 19.7. The molecule has 1 unspecified atom stereocenters. The SMILES string of the molecule is Cn1c(C(=O)Nc2ccccc2CN2CCCC2C(N)=O)c(Br)c2ccccc21. The number of aryl methyl sites for hydroxylation is 1. The van der Waals surface area contributed by atoms with Crippen molar-refractivity contribution in [1.82, 2.24) is 9.47 Å². The summed E-state index contributed by atoms with van der Waals surface area (Å²) in [7, 11) is 1.88. The lowest BCUT2D eigenvalue weighted by Crippen LogP contribution is -2.39. The Hall–Kier alpha value is -2.64. The highest BCUT2D eigenvalue weighted by molar-refractivity contribution is 9.10. The number of benzene rings is 2. The second kappa shape index (κ2) is 8.00. The first-order valence-corrected chi connectivity index (χ1v) is 10.4. The van der Waals surface area contributed by atoms with Crippen molar-refractivity contribution < 1.29 is 9.59 Å². The van der Waals surface area contributed by atoms with Crippen molar-refractivity contribution in [2.45, 2.75) is 25.4 Å². The van der Waals surface area contributed by atoms with Gasteiger partial charge in [-0.3, -0.25) is 14.5 Å². The molecule has 6 nitrogen and oxygen atoms in total. The number of halogens is 1. The minimum atomic E-state index is -0.288. The van der Waals surface area contributed by atoms with Crippen molar-refractivity contribution in [1.29, 1.82) is 0 Å². The fraction of sp³-hybridized carbons (Fsp3) is 0.273. The average molecular weight is 455 g/mol. The number of likely N-dealkylation sites (tertiary alicyclic amines) is 1. The van der Waals surface area contributed by atoms with Crippen LogP contribution in [-0.2, 0) is 18.4 Å². The van der Waals surface area contributed by atoms with Crippen molar-refractivity contribution >= 4 is 44.3 Å². The normalized spacial score (nSPS) is 17.0. The van der Waals surface area contributed by atoms with E-state index in [1.54, 1.807) is 0 Å². The van der Waals surface area contributed by atoms with Gasteiger partial charge in [-0.25, -0.2) is 0 Å². The van der Waals surface area contributed by atoms with Crippen molar-refractivity contribution in [3.8, 4) is 0 Å². The molecule has 4 rings (SSSR count). The molecule has 1 aliphatic heterocycles. The number of nitrogens with one attached hydrogen (secondary N) is 1. The Labute approximate surface area is 177 Å². The summed E-state index contributed by atoms with van der Waals surface area (Å²) in [5.74, 6) is -0.473. The minimum Gasteiger partial charge on any atom is -0.368 e. The summed E-state index contributed by atoms with van der Waals surface area (Å²) in [5.41, 5.74) is 8.80. The first-order chi connectivity index (χ1) is 14.0. The van der Waals surface area contributed by atoms with Gasteiger partial charge in [0.1, 0.15) is 5.69 Å². The second-order valence-electron chi connectivity index (χ2n) is 7.38. The summed E-state index contributed by atoms with van der Waals surface area (Å²) in [6.45, 7) is 1.39. The Morgan fingerprint density at radius 2 is 1.90 bits per heavy atom. The molecule has 0 spiro atoms. The van der Waals surface area contributed by atoms with Gasteiger partial charge in [-0.2, -0.15) is 0 Å². The lowest BCUT2D eigenvalue weighted by atomic mass is 10.1. The molecule has 1 fully saturated rings. The summed E-state index contributed by atoms with van der Waals surface area (Å²) in [5, 5.41) is 4.05. The number of hydrogen-bond acceptors (Lipinski definition) is 3. The van der Waals surface area contributed by atoms with Gasteiger partial charge in [0.15, 0.2) is 0 Å². The maximum Gasteiger partial charge on any atom is 0.273 e. The lowest BCUT2D eigenvalue weighted by molar-refractivity contribution is -0.122. The Kier molecular flexibility index (Phi) is 5.43. The van der Waals surface area contributed by atoms with Gasteiger partial charge in [0.25, 0.3) is 5.91 Å². The van der Waals surface area contributed by atoms with Crippen LogP contribution >= 0.6 is 15.9 Å². The Morgan fingerprint density at radius 3 is 2.66 bits per heavy atom. The molecule has 29 heavy (non-hydrogen) atoms. The van der Waals surface area contributed by atoms with E-state index in [-0.39, 0.29) is 17.9 Å². The molecule has 7 heteroatoms. The monoisotopic (exact) mass is 454 g/mol. The number of carbonyl (C=O) groups is 2. The van der Waals surface area contributed by atoms with Gasteiger partial charge < -0.3 is 15.6 Å². The highest BCUT2D eigenvalue weighted by Gasteiger charge is 2.29. The molecule has 150 valence electrons. The average Bonchev–Trinajstić information content (AvgIpc) is 3.27. The predicted octanol–water partition coefficient (Wildman–Crippen LogP) is 3.64. The van der Waals surface area contributed by atoms with Crippen LogP contribution in [0.3, 0.4) is 0 Å². The number of aromatic nitrogens is 1. The number of anilines is 1. The van der Waals surface area contributed by atoms with Crippen LogP contribution in [0.4, 0.5) is 5.69 Å². The molecule has 1 atom stereocenters. The smallest absolute Gasteiger partial charge is 0.273 e. The van der Waals surface area contributed by atoms with Crippen molar-refractivity contribution in [2.75, 3.05) is 11.9 Å². The van der Waals surface area contributed by atoms with Crippen molar-refractivity contribution in [2.24, 2.45) is 12.8 Å². The highest BCUT2D eigenvalue weighted by Crippen LogP contribution is 2.31. The van der Waals surface area contributed by atoms with Crippen LogP contribution in [0.5, 0.6) is 0 Å². The molecule has 3 N–H and O–H groups in total. The van der Waals surface area contributed by atoms with Gasteiger partial charge in [-0.15, -0.1) is 0 Å². The first-order valence-electron chi connectivity index (χ1n) is 9.63. The van der Waals surface area contributed by atoms with E-state index in [4.69, 9.17) is 5.73 Å². The van der Waals surface area contributed by atoms with E-state index in [2.05, 4.69) is 26.1 Å². The highest BCUT2D eigenvalue weighted by atomic mass is 79.9. The Bertz CT molecular complexity index is 1050. The van der Waals surface area contributed by atoms with Gasteiger partial charge in [0.05, 0.1) is 10.5 Å². The third-order valence-electron chi connectivity index (χ3n) is 5.59. The fourth-order valence-electron chi connectivity index (χ4n) is 4.12. The number of primary amides is 1. The summed E-state index contributed by atoms with van der Waals surface area (Å²) in [6, 6.07) is 15.3. The van der Waals surface area contributed by atoms with Crippen LogP contribution in [0.15, 0.2) is 53.0 Å². The molecular weight excluding hydrogens is 432 g/mol. The van der Waals surface area contributed by atoms with Crippen LogP contribution in [0.2, 0.25) is 0 Å². The van der Waals surface area contributed by atoms with Gasteiger partial charge in [0.2, 0.25) is 5.91 Å². The Balaban J connectivity index is 1.61. The Morgan fingerprint density at radius 1 is 1.17 bits per heavy atom. The van der Waals surface area contributed by atoms with Gasteiger partial charge in [-0.1, -0.05) is 36.4 Å². The van der Waals surface area contributed by atoms with Crippen molar-refractivity contribution in [3.05, 3.63) is 64.3 Å². The topological polar surface area (TPSA) is 80.4 Å². The zero-order chi connectivity index (χ0) is 20.5. The van der Waals surface area contributed by atoms with E-state index in [1.165, 1.54) is 0 Å². The molecule has 0 bridgehead atoms. The minimum absolute atomic E-state index is 0.184. The van der Waals surface area contributed by atoms with E-state index in [0.717, 1.165) is 46.0 Å². The van der Waals surface area contributed by atoms with Crippen LogP contribution in [-0.4, -0.2) is 33.9 Å². The summed E-state index contributed by atoms with van der Waals surface area (Å²) in [4.78, 5) is 26.9. The van der Waals surface area contributed by atoms with Crippen molar-refractivity contribution in [3.63, 3.8) is 0 Å². The van der Waals surface area contributed by atoms with Crippen LogP contribution in [0.1, 0.15) is 28.9 Å². The van der Waals surface area contributed by atoms with Gasteiger partial charge in [0, 0.05) is 30.2 Å². The van der Waals surface area contributed by atoms with Gasteiger partial charge >= 0.3 is 0 Å². The van der Waals surface area contributed by atoms with E-state index in [0.29, 0.717) is 12.2 Å². The molecule has 2 heterocycles. The summed E-state index contributed by atoms with van der Waals surface area (Å²) < 4.78 is 2.67. The number of nitrogens with zero attached hydrogens (tertiary/aromatic N) is 2. The zero-order valence-corrected chi connectivity index (χ0v) is 17.8. The van der Waals surface area contributed by atoms with E-state index < -0.39 is 0 Å². The number of carbonyl (C=O) groups excluding carboxylic acids is 2. The number of nitrogens with two attached hydrogens (primary N) is 1.